The molecule has 1 saturated carbocycles. The first-order chi connectivity index (χ1) is 6.93. The first-order valence-electron chi connectivity index (χ1n) is 6.28. The maximum absolute atomic E-state index is 3.88. The molecule has 0 N–H and O–H groups in total. The van der Waals surface area contributed by atoms with Crippen molar-refractivity contribution in [2.24, 2.45) is 16.7 Å². The molecule has 2 aliphatic rings. The van der Waals surface area contributed by atoms with Crippen LogP contribution in [0, 0.1) is 16.7 Å². The number of hydrogen-bond acceptors (Lipinski definition) is 1. The van der Waals surface area contributed by atoms with E-state index in [0.717, 1.165) is 18.5 Å². The van der Waals surface area contributed by atoms with Gasteiger partial charge in [0.25, 0.3) is 0 Å². The molecule has 2 fully saturated rings. The molecule has 1 saturated heterocycles. The Labute approximate surface area is 94.5 Å². The van der Waals surface area contributed by atoms with Crippen molar-refractivity contribution in [3.8, 4) is 0 Å². The Hall–Kier alpha value is -0.300. The Morgan fingerprint density at radius 3 is 2.53 bits per heavy atom. The molecule has 0 aromatic carbocycles. The largest absolute Gasteiger partial charge is 0.296 e. The zero-order chi connectivity index (χ0) is 11.3. The van der Waals surface area contributed by atoms with Gasteiger partial charge in [0.1, 0.15) is 0 Å². The van der Waals surface area contributed by atoms with Gasteiger partial charge in [-0.25, -0.2) is 0 Å². The summed E-state index contributed by atoms with van der Waals surface area (Å²) in [5.41, 5.74) is 0.971. The van der Waals surface area contributed by atoms with E-state index in [0.29, 0.717) is 10.8 Å². The van der Waals surface area contributed by atoms with Gasteiger partial charge in [-0.1, -0.05) is 33.8 Å². The molecule has 2 rings (SSSR count). The Balaban J connectivity index is 2.20. The summed E-state index contributed by atoms with van der Waals surface area (Å²) in [6.07, 6.45) is 4.85. The minimum absolute atomic E-state index is 0.459. The van der Waals surface area contributed by atoms with Crippen molar-refractivity contribution in [2.45, 2.75) is 46.6 Å². The molecule has 0 bridgehead atoms. The van der Waals surface area contributed by atoms with E-state index in [2.05, 4.69) is 45.2 Å². The molecule has 86 valence electrons. The third-order valence-electron chi connectivity index (χ3n) is 5.43. The average molecular weight is 207 g/mol. The first kappa shape index (κ1) is 11.2. The van der Waals surface area contributed by atoms with Crippen molar-refractivity contribution < 1.29 is 0 Å². The predicted octanol–water partition coefficient (Wildman–Crippen LogP) is 3.32. The summed E-state index contributed by atoms with van der Waals surface area (Å²) in [5, 5.41) is 0. The van der Waals surface area contributed by atoms with Gasteiger partial charge < -0.3 is 0 Å². The second-order valence-electron chi connectivity index (χ2n) is 6.42. The highest BCUT2D eigenvalue weighted by Crippen LogP contribution is 2.64. The lowest BCUT2D eigenvalue weighted by Crippen LogP contribution is -2.71. The van der Waals surface area contributed by atoms with Gasteiger partial charge in [-0.2, -0.15) is 0 Å². The van der Waals surface area contributed by atoms with E-state index >= 15 is 0 Å². The number of rotatable bonds is 2. The normalized spacial score (nSPS) is 37.9. The lowest BCUT2D eigenvalue weighted by atomic mass is 9.41. The smallest absolute Gasteiger partial charge is 0.0188 e. The molecule has 0 unspecified atom stereocenters. The second kappa shape index (κ2) is 3.35. The van der Waals surface area contributed by atoms with Crippen LogP contribution in [0.25, 0.3) is 0 Å². The van der Waals surface area contributed by atoms with Gasteiger partial charge in [0, 0.05) is 12.6 Å². The minimum Gasteiger partial charge on any atom is -0.296 e. The Bertz CT molecular complexity index is 265. The van der Waals surface area contributed by atoms with Crippen LogP contribution in [-0.4, -0.2) is 24.0 Å². The van der Waals surface area contributed by atoms with E-state index in [-0.39, 0.29) is 0 Å². The van der Waals surface area contributed by atoms with E-state index in [1.54, 1.807) is 0 Å². The molecule has 0 spiro atoms. The molecular weight excluding hydrogens is 182 g/mol. The Morgan fingerprint density at radius 1 is 1.27 bits per heavy atom. The lowest BCUT2D eigenvalue weighted by Gasteiger charge is -2.69. The SMILES string of the molecule is C=CCN1CCC[C@@H]2[C@H]1C(C)(C)C2(C)C. The zero-order valence-corrected chi connectivity index (χ0v) is 10.7. The van der Waals surface area contributed by atoms with E-state index in [1.165, 1.54) is 19.4 Å². The van der Waals surface area contributed by atoms with Gasteiger partial charge >= 0.3 is 0 Å². The molecule has 0 radical (unpaired) electrons. The molecule has 0 aromatic rings. The molecule has 1 heteroatoms. The summed E-state index contributed by atoms with van der Waals surface area (Å²) in [5.74, 6) is 0.904. The van der Waals surface area contributed by atoms with E-state index in [1.807, 2.05) is 0 Å². The van der Waals surface area contributed by atoms with Crippen LogP contribution in [0.3, 0.4) is 0 Å². The van der Waals surface area contributed by atoms with E-state index in [4.69, 9.17) is 0 Å². The highest BCUT2D eigenvalue weighted by molar-refractivity contribution is 5.15. The highest BCUT2D eigenvalue weighted by atomic mass is 15.2. The maximum Gasteiger partial charge on any atom is 0.0188 e. The van der Waals surface area contributed by atoms with Crippen molar-refractivity contribution in [3.63, 3.8) is 0 Å². The quantitative estimate of drug-likeness (QED) is 0.628. The Morgan fingerprint density at radius 2 is 1.93 bits per heavy atom. The highest BCUT2D eigenvalue weighted by Gasteiger charge is 2.63. The molecule has 15 heavy (non-hydrogen) atoms. The topological polar surface area (TPSA) is 3.24 Å². The van der Waals surface area contributed by atoms with E-state index < -0.39 is 0 Å². The van der Waals surface area contributed by atoms with Crippen LogP contribution in [0.2, 0.25) is 0 Å². The summed E-state index contributed by atoms with van der Waals surface area (Å²) < 4.78 is 0. The third-order valence-corrected chi connectivity index (χ3v) is 5.43. The van der Waals surface area contributed by atoms with E-state index in [9.17, 15) is 0 Å². The minimum atomic E-state index is 0.459. The number of hydrogen-bond donors (Lipinski definition) is 0. The van der Waals surface area contributed by atoms with Crippen LogP contribution in [-0.2, 0) is 0 Å². The number of nitrogens with zero attached hydrogens (tertiary/aromatic N) is 1. The number of likely N-dealkylation sites (tertiary alicyclic amines) is 1. The fourth-order valence-corrected chi connectivity index (χ4v) is 3.91. The molecule has 2 atom stereocenters. The predicted molar refractivity (Wildman–Crippen MR) is 65.8 cm³/mol. The summed E-state index contributed by atoms with van der Waals surface area (Å²) in [6, 6.07) is 0.791. The van der Waals surface area contributed by atoms with Crippen molar-refractivity contribution in [1.29, 1.82) is 0 Å². The molecular formula is C14H25N. The lowest BCUT2D eigenvalue weighted by molar-refractivity contribution is -0.199. The van der Waals surface area contributed by atoms with Gasteiger partial charge in [-0.3, -0.25) is 4.90 Å². The monoisotopic (exact) mass is 207 g/mol. The van der Waals surface area contributed by atoms with Crippen LogP contribution in [0.5, 0.6) is 0 Å². The van der Waals surface area contributed by atoms with Gasteiger partial charge in [-0.05, 0) is 36.1 Å². The average Bonchev–Trinajstić information content (AvgIpc) is 2.17. The summed E-state index contributed by atoms with van der Waals surface area (Å²) in [7, 11) is 0. The van der Waals surface area contributed by atoms with Crippen molar-refractivity contribution >= 4 is 0 Å². The Kier molecular flexibility index (Phi) is 2.50. The standard InChI is InChI=1S/C14H25N/c1-6-9-15-10-7-8-11-12(15)14(4,5)13(11,2)3/h6,11-12H,1,7-10H2,2-5H3/t11-,12+/m1/s1. The third kappa shape index (κ3) is 1.32. The van der Waals surface area contributed by atoms with Crippen LogP contribution in [0.15, 0.2) is 12.7 Å². The molecule has 1 nitrogen and oxygen atoms in total. The summed E-state index contributed by atoms with van der Waals surface area (Å²) in [6.45, 7) is 16.0. The molecule has 1 aliphatic heterocycles. The van der Waals surface area contributed by atoms with Gasteiger partial charge in [0.2, 0.25) is 0 Å². The van der Waals surface area contributed by atoms with Crippen molar-refractivity contribution in [1.82, 2.24) is 4.90 Å². The van der Waals surface area contributed by atoms with Gasteiger partial charge in [0.05, 0.1) is 0 Å². The van der Waals surface area contributed by atoms with Crippen LogP contribution in [0.4, 0.5) is 0 Å². The summed E-state index contributed by atoms with van der Waals surface area (Å²) in [4.78, 5) is 2.65. The van der Waals surface area contributed by atoms with Crippen LogP contribution >= 0.6 is 0 Å². The van der Waals surface area contributed by atoms with Crippen LogP contribution in [0.1, 0.15) is 40.5 Å². The van der Waals surface area contributed by atoms with Gasteiger partial charge in [0.15, 0.2) is 0 Å². The van der Waals surface area contributed by atoms with Crippen LogP contribution < -0.4 is 0 Å². The number of fused-ring (bicyclic) bond motifs is 1. The zero-order valence-electron chi connectivity index (χ0n) is 10.7. The maximum atomic E-state index is 3.88. The molecule has 0 aromatic heterocycles. The number of piperidine rings is 1. The molecule has 0 amide bonds. The van der Waals surface area contributed by atoms with Crippen molar-refractivity contribution in [2.75, 3.05) is 13.1 Å². The first-order valence-corrected chi connectivity index (χ1v) is 6.28. The van der Waals surface area contributed by atoms with Crippen molar-refractivity contribution in [3.05, 3.63) is 12.7 Å². The second-order valence-corrected chi connectivity index (χ2v) is 6.42. The summed E-state index contributed by atoms with van der Waals surface area (Å²) >= 11 is 0. The van der Waals surface area contributed by atoms with Gasteiger partial charge in [-0.15, -0.1) is 6.58 Å². The fourth-order valence-electron chi connectivity index (χ4n) is 3.91. The fraction of sp³-hybridized carbons (Fsp3) is 0.857. The molecule has 1 aliphatic carbocycles. The molecule has 1 heterocycles.